The number of halogens is 1. The van der Waals surface area contributed by atoms with Crippen molar-refractivity contribution in [1.29, 1.82) is 0 Å². The topological polar surface area (TPSA) is 30.7 Å². The Bertz CT molecular complexity index is 301. The molecule has 1 aromatic rings. The van der Waals surface area contributed by atoms with E-state index in [1.165, 1.54) is 0 Å². The fourth-order valence-corrected chi connectivity index (χ4v) is 2.52. The standard InChI is InChI=1S/C10H18ClN3S/c1-4-6-9-12-13-10(11)14(9)8(3)7-15-5-2/h8H,4-7H2,1-3H3. The molecule has 0 aliphatic carbocycles. The van der Waals surface area contributed by atoms with E-state index < -0.39 is 0 Å². The molecule has 0 saturated heterocycles. The van der Waals surface area contributed by atoms with Gasteiger partial charge in [-0.2, -0.15) is 11.8 Å². The number of aromatic nitrogens is 3. The predicted molar refractivity (Wildman–Crippen MR) is 66.7 cm³/mol. The van der Waals surface area contributed by atoms with E-state index in [0.29, 0.717) is 11.3 Å². The van der Waals surface area contributed by atoms with Gasteiger partial charge in [-0.15, -0.1) is 10.2 Å². The third kappa shape index (κ3) is 3.38. The van der Waals surface area contributed by atoms with E-state index in [1.807, 2.05) is 16.3 Å². The highest BCUT2D eigenvalue weighted by atomic mass is 35.5. The van der Waals surface area contributed by atoms with Crippen LogP contribution in [0.4, 0.5) is 0 Å². The van der Waals surface area contributed by atoms with Gasteiger partial charge in [-0.3, -0.25) is 4.57 Å². The molecule has 1 atom stereocenters. The van der Waals surface area contributed by atoms with Crippen LogP contribution >= 0.6 is 23.4 Å². The fourth-order valence-electron chi connectivity index (χ4n) is 1.50. The fraction of sp³-hybridized carbons (Fsp3) is 0.800. The highest BCUT2D eigenvalue weighted by Crippen LogP contribution is 2.20. The average molecular weight is 248 g/mol. The van der Waals surface area contributed by atoms with Gasteiger partial charge in [-0.1, -0.05) is 13.8 Å². The third-order valence-corrected chi connectivity index (χ3v) is 3.59. The quantitative estimate of drug-likeness (QED) is 0.774. The maximum absolute atomic E-state index is 6.03. The Hall–Kier alpha value is -0.220. The van der Waals surface area contributed by atoms with Crippen molar-refractivity contribution in [2.45, 2.75) is 39.7 Å². The predicted octanol–water partition coefficient (Wildman–Crippen LogP) is 3.20. The summed E-state index contributed by atoms with van der Waals surface area (Å²) in [4.78, 5) is 0. The SMILES string of the molecule is CCCc1nnc(Cl)n1C(C)CSCC. The summed E-state index contributed by atoms with van der Waals surface area (Å²) in [7, 11) is 0. The monoisotopic (exact) mass is 247 g/mol. The lowest BCUT2D eigenvalue weighted by Crippen LogP contribution is -2.12. The highest BCUT2D eigenvalue weighted by molar-refractivity contribution is 7.99. The number of hydrogen-bond donors (Lipinski definition) is 0. The van der Waals surface area contributed by atoms with Crippen LogP contribution in [0.2, 0.25) is 5.28 Å². The van der Waals surface area contributed by atoms with Crippen molar-refractivity contribution in [1.82, 2.24) is 14.8 Å². The molecule has 0 aliphatic rings. The van der Waals surface area contributed by atoms with Crippen LogP contribution in [0.1, 0.15) is 39.1 Å². The summed E-state index contributed by atoms with van der Waals surface area (Å²) in [6, 6.07) is 0.374. The van der Waals surface area contributed by atoms with Gasteiger partial charge in [0, 0.05) is 18.2 Å². The molecule has 0 aliphatic heterocycles. The minimum atomic E-state index is 0.374. The second-order valence-electron chi connectivity index (χ2n) is 3.51. The zero-order valence-corrected chi connectivity index (χ0v) is 11.1. The highest BCUT2D eigenvalue weighted by Gasteiger charge is 2.14. The van der Waals surface area contributed by atoms with Crippen molar-refractivity contribution < 1.29 is 0 Å². The molecule has 5 heteroatoms. The Labute approximate surface area is 101 Å². The molecule has 0 saturated carbocycles. The molecule has 0 fully saturated rings. The minimum Gasteiger partial charge on any atom is -0.298 e. The summed E-state index contributed by atoms with van der Waals surface area (Å²) in [5.74, 6) is 3.20. The summed E-state index contributed by atoms with van der Waals surface area (Å²) in [5, 5.41) is 8.56. The number of rotatable bonds is 6. The van der Waals surface area contributed by atoms with Crippen molar-refractivity contribution in [3.05, 3.63) is 11.1 Å². The van der Waals surface area contributed by atoms with Gasteiger partial charge in [0.2, 0.25) is 5.28 Å². The van der Waals surface area contributed by atoms with Crippen molar-refractivity contribution in [2.24, 2.45) is 0 Å². The van der Waals surface area contributed by atoms with Crippen LogP contribution in [0.5, 0.6) is 0 Å². The summed E-state index contributed by atoms with van der Waals surface area (Å²) in [5.41, 5.74) is 0. The molecule has 1 aromatic heterocycles. The molecule has 15 heavy (non-hydrogen) atoms. The average Bonchev–Trinajstić information content (AvgIpc) is 2.57. The first kappa shape index (κ1) is 12.8. The summed E-state index contributed by atoms with van der Waals surface area (Å²) in [6.45, 7) is 6.47. The molecule has 0 radical (unpaired) electrons. The van der Waals surface area contributed by atoms with E-state index >= 15 is 0 Å². The largest absolute Gasteiger partial charge is 0.298 e. The maximum Gasteiger partial charge on any atom is 0.225 e. The Morgan fingerprint density at radius 1 is 1.40 bits per heavy atom. The maximum atomic E-state index is 6.03. The van der Waals surface area contributed by atoms with E-state index in [9.17, 15) is 0 Å². The zero-order valence-electron chi connectivity index (χ0n) is 9.53. The van der Waals surface area contributed by atoms with Gasteiger partial charge in [0.15, 0.2) is 0 Å². The van der Waals surface area contributed by atoms with Crippen molar-refractivity contribution in [3.63, 3.8) is 0 Å². The van der Waals surface area contributed by atoms with Crippen LogP contribution in [0.25, 0.3) is 0 Å². The van der Waals surface area contributed by atoms with Gasteiger partial charge in [0.1, 0.15) is 5.82 Å². The van der Waals surface area contributed by atoms with E-state index in [1.54, 1.807) is 0 Å². The second kappa shape index (κ2) is 6.38. The third-order valence-electron chi connectivity index (χ3n) is 2.20. The van der Waals surface area contributed by atoms with E-state index in [0.717, 1.165) is 30.2 Å². The lowest BCUT2D eigenvalue weighted by molar-refractivity contribution is 0.572. The molecule has 1 unspecified atom stereocenters. The van der Waals surface area contributed by atoms with E-state index in [2.05, 4.69) is 31.0 Å². The first-order chi connectivity index (χ1) is 7.20. The summed E-state index contributed by atoms with van der Waals surface area (Å²) in [6.07, 6.45) is 2.02. The van der Waals surface area contributed by atoms with Gasteiger partial charge < -0.3 is 0 Å². The molecule has 0 N–H and O–H groups in total. The van der Waals surface area contributed by atoms with Crippen LogP contribution in [0, 0.1) is 0 Å². The molecule has 0 amide bonds. The first-order valence-corrected chi connectivity index (χ1v) is 6.90. The van der Waals surface area contributed by atoms with Gasteiger partial charge in [0.05, 0.1) is 0 Å². The van der Waals surface area contributed by atoms with Gasteiger partial charge in [-0.25, -0.2) is 0 Å². The van der Waals surface area contributed by atoms with E-state index in [-0.39, 0.29) is 0 Å². The molecule has 0 bridgehead atoms. The van der Waals surface area contributed by atoms with Crippen LogP contribution < -0.4 is 0 Å². The molecule has 0 aromatic carbocycles. The van der Waals surface area contributed by atoms with Crippen LogP contribution in [0.3, 0.4) is 0 Å². The van der Waals surface area contributed by atoms with Crippen LogP contribution in [-0.4, -0.2) is 26.3 Å². The van der Waals surface area contributed by atoms with Crippen LogP contribution in [-0.2, 0) is 6.42 Å². The molecule has 1 heterocycles. The summed E-state index contributed by atoms with van der Waals surface area (Å²) < 4.78 is 2.05. The number of nitrogens with zero attached hydrogens (tertiary/aromatic N) is 3. The van der Waals surface area contributed by atoms with Gasteiger partial charge in [-0.05, 0) is 30.7 Å². The van der Waals surface area contributed by atoms with Gasteiger partial charge >= 0.3 is 0 Å². The molecule has 1 rings (SSSR count). The van der Waals surface area contributed by atoms with Crippen molar-refractivity contribution in [3.8, 4) is 0 Å². The number of aryl methyl sites for hydroxylation is 1. The van der Waals surface area contributed by atoms with Crippen LogP contribution in [0.15, 0.2) is 0 Å². The lowest BCUT2D eigenvalue weighted by Gasteiger charge is -2.15. The lowest BCUT2D eigenvalue weighted by atomic mass is 10.3. The van der Waals surface area contributed by atoms with Crippen molar-refractivity contribution in [2.75, 3.05) is 11.5 Å². The smallest absolute Gasteiger partial charge is 0.225 e. The van der Waals surface area contributed by atoms with Gasteiger partial charge in [0.25, 0.3) is 0 Å². The Morgan fingerprint density at radius 3 is 2.73 bits per heavy atom. The Morgan fingerprint density at radius 2 is 2.13 bits per heavy atom. The number of thioether (sulfide) groups is 1. The number of hydrogen-bond acceptors (Lipinski definition) is 3. The Kier molecular flexibility index (Phi) is 5.47. The molecule has 86 valence electrons. The summed E-state index contributed by atoms with van der Waals surface area (Å²) >= 11 is 7.95. The normalized spacial score (nSPS) is 13.1. The Balaban J connectivity index is 2.75. The van der Waals surface area contributed by atoms with Crippen molar-refractivity contribution >= 4 is 23.4 Å². The molecule has 3 nitrogen and oxygen atoms in total. The second-order valence-corrected chi connectivity index (χ2v) is 5.17. The molecule has 0 spiro atoms. The first-order valence-electron chi connectivity index (χ1n) is 5.37. The zero-order chi connectivity index (χ0) is 11.3. The minimum absolute atomic E-state index is 0.374. The molecular weight excluding hydrogens is 230 g/mol. The van der Waals surface area contributed by atoms with E-state index in [4.69, 9.17) is 11.6 Å². The molecular formula is C10H18ClN3S.